The summed E-state index contributed by atoms with van der Waals surface area (Å²) in [5, 5.41) is 12.5. The molecule has 2 aromatic rings. The molecule has 28 heavy (non-hydrogen) atoms. The number of hydrogen-bond acceptors (Lipinski definition) is 3. The average molecular weight is 380 g/mol. The number of nitrogens with zero attached hydrogens (tertiary/aromatic N) is 1. The Morgan fingerprint density at radius 1 is 0.929 bits per heavy atom. The number of piperidine rings is 1. The number of carbonyl (C=O) groups excluding carboxylic acids is 2. The Balaban J connectivity index is 1.53. The summed E-state index contributed by atoms with van der Waals surface area (Å²) in [5.41, 5.74) is 0.694. The highest BCUT2D eigenvalue weighted by molar-refractivity contribution is 5.86. The smallest absolute Gasteiger partial charge is 0.314 e. The van der Waals surface area contributed by atoms with Gasteiger partial charge in [-0.2, -0.15) is 0 Å². The first-order valence-corrected chi connectivity index (χ1v) is 9.38. The van der Waals surface area contributed by atoms with E-state index in [-0.39, 0.29) is 24.8 Å². The molecule has 1 heterocycles. The normalized spacial score (nSPS) is 15.6. The van der Waals surface area contributed by atoms with Crippen molar-refractivity contribution >= 4 is 17.8 Å². The molecule has 2 amide bonds. The fourth-order valence-electron chi connectivity index (χ4n) is 3.65. The van der Waals surface area contributed by atoms with Crippen LogP contribution in [-0.4, -0.2) is 47.4 Å². The maximum absolute atomic E-state index is 12.4. The number of hydrogen-bond donors (Lipinski definition) is 2. The molecule has 6 nitrogen and oxygen atoms in total. The standard InChI is InChI=1S/C22H24N2O4/c25-19(15-17-7-3-1-4-8-17)23-16-20(26)24-13-11-22(12-14-24,21(27)28)18-9-5-2-6-10-18/h1-10H,11-16H2,(H,23,25)(H,27,28). The SMILES string of the molecule is O=C(Cc1ccccc1)NCC(=O)N1CCC(C(=O)O)(c2ccccc2)CC1. The van der Waals surface area contributed by atoms with Crippen LogP contribution in [0.3, 0.4) is 0 Å². The van der Waals surface area contributed by atoms with Crippen molar-refractivity contribution in [3.63, 3.8) is 0 Å². The summed E-state index contributed by atoms with van der Waals surface area (Å²) in [6.07, 6.45) is 0.941. The van der Waals surface area contributed by atoms with E-state index in [1.54, 1.807) is 4.90 Å². The average Bonchev–Trinajstić information content (AvgIpc) is 2.73. The van der Waals surface area contributed by atoms with Gasteiger partial charge in [-0.1, -0.05) is 60.7 Å². The third kappa shape index (κ3) is 4.39. The lowest BCUT2D eigenvalue weighted by atomic mass is 9.73. The first-order chi connectivity index (χ1) is 13.5. The fraction of sp³-hybridized carbons (Fsp3) is 0.318. The van der Waals surface area contributed by atoms with Gasteiger partial charge in [0.2, 0.25) is 11.8 Å². The Kier molecular flexibility index (Phi) is 6.09. The second kappa shape index (κ2) is 8.69. The largest absolute Gasteiger partial charge is 0.481 e. The number of likely N-dealkylation sites (tertiary alicyclic amines) is 1. The van der Waals surface area contributed by atoms with Crippen LogP contribution in [0.4, 0.5) is 0 Å². The molecule has 3 rings (SSSR count). The number of rotatable bonds is 6. The van der Waals surface area contributed by atoms with Gasteiger partial charge in [0.25, 0.3) is 0 Å². The van der Waals surface area contributed by atoms with Crippen molar-refractivity contribution in [3.05, 3.63) is 71.8 Å². The van der Waals surface area contributed by atoms with Crippen LogP contribution >= 0.6 is 0 Å². The van der Waals surface area contributed by atoms with E-state index >= 15 is 0 Å². The Hall–Kier alpha value is -3.15. The van der Waals surface area contributed by atoms with Gasteiger partial charge in [0.15, 0.2) is 0 Å². The zero-order valence-corrected chi connectivity index (χ0v) is 15.6. The molecule has 0 aromatic heterocycles. The molecule has 0 aliphatic carbocycles. The molecule has 6 heteroatoms. The molecule has 0 radical (unpaired) electrons. The number of nitrogens with one attached hydrogen (secondary N) is 1. The lowest BCUT2D eigenvalue weighted by molar-refractivity contribution is -0.148. The molecule has 0 bridgehead atoms. The van der Waals surface area contributed by atoms with E-state index in [0.717, 1.165) is 11.1 Å². The summed E-state index contributed by atoms with van der Waals surface area (Å²) in [6.45, 7) is 0.639. The minimum atomic E-state index is -0.964. The van der Waals surface area contributed by atoms with Crippen molar-refractivity contribution in [2.75, 3.05) is 19.6 Å². The highest BCUT2D eigenvalue weighted by Crippen LogP contribution is 2.35. The zero-order chi connectivity index (χ0) is 20.0. The molecule has 0 unspecified atom stereocenters. The highest BCUT2D eigenvalue weighted by Gasteiger charge is 2.43. The number of amides is 2. The van der Waals surface area contributed by atoms with Crippen LogP contribution in [0.5, 0.6) is 0 Å². The first-order valence-electron chi connectivity index (χ1n) is 9.38. The lowest BCUT2D eigenvalue weighted by Crippen LogP contribution is -2.51. The number of carboxylic acids is 1. The Morgan fingerprint density at radius 3 is 2.07 bits per heavy atom. The molecule has 2 aromatic carbocycles. The summed E-state index contributed by atoms with van der Waals surface area (Å²) in [7, 11) is 0. The molecule has 0 spiro atoms. The van der Waals surface area contributed by atoms with Gasteiger partial charge < -0.3 is 15.3 Å². The van der Waals surface area contributed by atoms with E-state index in [4.69, 9.17) is 0 Å². The number of carbonyl (C=O) groups is 3. The first kappa shape index (κ1) is 19.6. The van der Waals surface area contributed by atoms with Crippen molar-refractivity contribution < 1.29 is 19.5 Å². The third-order valence-corrected chi connectivity index (χ3v) is 5.35. The summed E-state index contributed by atoms with van der Waals surface area (Å²) in [5.74, 6) is -1.25. The van der Waals surface area contributed by atoms with Crippen molar-refractivity contribution in [2.45, 2.75) is 24.7 Å². The van der Waals surface area contributed by atoms with E-state index in [1.165, 1.54) is 0 Å². The minimum absolute atomic E-state index is 0.0723. The molecule has 146 valence electrons. The summed E-state index contributed by atoms with van der Waals surface area (Å²) < 4.78 is 0. The van der Waals surface area contributed by atoms with Gasteiger partial charge >= 0.3 is 5.97 Å². The van der Waals surface area contributed by atoms with Crippen molar-refractivity contribution in [1.82, 2.24) is 10.2 Å². The van der Waals surface area contributed by atoms with Gasteiger partial charge in [-0.15, -0.1) is 0 Å². The van der Waals surface area contributed by atoms with Gasteiger partial charge in [-0.3, -0.25) is 14.4 Å². The van der Waals surface area contributed by atoms with E-state index in [1.807, 2.05) is 60.7 Å². The molecular weight excluding hydrogens is 356 g/mol. The number of aliphatic carboxylic acids is 1. The van der Waals surface area contributed by atoms with E-state index in [9.17, 15) is 19.5 Å². The van der Waals surface area contributed by atoms with Crippen LogP contribution in [0.25, 0.3) is 0 Å². The van der Waals surface area contributed by atoms with Crippen molar-refractivity contribution in [2.24, 2.45) is 0 Å². The Bertz CT molecular complexity index is 828. The van der Waals surface area contributed by atoms with E-state index < -0.39 is 11.4 Å². The molecule has 1 saturated heterocycles. The number of carboxylic acid groups (broad SMARTS) is 1. The summed E-state index contributed by atoms with van der Waals surface area (Å²) >= 11 is 0. The van der Waals surface area contributed by atoms with Crippen LogP contribution in [-0.2, 0) is 26.2 Å². The maximum atomic E-state index is 12.4. The zero-order valence-electron chi connectivity index (χ0n) is 15.6. The monoisotopic (exact) mass is 380 g/mol. The summed E-state index contributed by atoms with van der Waals surface area (Å²) in [4.78, 5) is 38.1. The summed E-state index contributed by atoms with van der Waals surface area (Å²) in [6, 6.07) is 18.5. The quantitative estimate of drug-likeness (QED) is 0.802. The van der Waals surface area contributed by atoms with E-state index in [0.29, 0.717) is 25.9 Å². The molecule has 1 aliphatic heterocycles. The predicted molar refractivity (Wildman–Crippen MR) is 105 cm³/mol. The lowest BCUT2D eigenvalue weighted by Gasteiger charge is -2.39. The fourth-order valence-corrected chi connectivity index (χ4v) is 3.65. The van der Waals surface area contributed by atoms with Gasteiger partial charge in [0, 0.05) is 13.1 Å². The number of benzene rings is 2. The van der Waals surface area contributed by atoms with Gasteiger partial charge in [-0.25, -0.2) is 0 Å². The third-order valence-electron chi connectivity index (χ3n) is 5.35. The van der Waals surface area contributed by atoms with Crippen LogP contribution in [0.15, 0.2) is 60.7 Å². The van der Waals surface area contributed by atoms with Gasteiger partial charge in [-0.05, 0) is 24.0 Å². The second-order valence-electron chi connectivity index (χ2n) is 7.07. The molecule has 0 saturated carbocycles. The van der Waals surface area contributed by atoms with Crippen molar-refractivity contribution in [3.8, 4) is 0 Å². The molecule has 1 fully saturated rings. The van der Waals surface area contributed by atoms with Crippen LogP contribution in [0.1, 0.15) is 24.0 Å². The Labute approximate surface area is 164 Å². The van der Waals surface area contributed by atoms with Crippen LogP contribution in [0, 0.1) is 0 Å². The minimum Gasteiger partial charge on any atom is -0.481 e. The maximum Gasteiger partial charge on any atom is 0.314 e. The van der Waals surface area contributed by atoms with Gasteiger partial charge in [0.05, 0.1) is 18.4 Å². The Morgan fingerprint density at radius 2 is 1.50 bits per heavy atom. The van der Waals surface area contributed by atoms with Crippen LogP contribution in [0.2, 0.25) is 0 Å². The topological polar surface area (TPSA) is 86.7 Å². The molecule has 1 aliphatic rings. The van der Waals surface area contributed by atoms with Gasteiger partial charge in [0.1, 0.15) is 0 Å². The predicted octanol–water partition coefficient (Wildman–Crippen LogP) is 1.99. The second-order valence-corrected chi connectivity index (χ2v) is 7.07. The molecule has 2 N–H and O–H groups in total. The van der Waals surface area contributed by atoms with Crippen molar-refractivity contribution in [1.29, 1.82) is 0 Å². The van der Waals surface area contributed by atoms with E-state index in [2.05, 4.69) is 5.32 Å². The highest BCUT2D eigenvalue weighted by atomic mass is 16.4. The van der Waals surface area contributed by atoms with Crippen LogP contribution < -0.4 is 5.32 Å². The molecular formula is C22H24N2O4. The molecule has 0 atom stereocenters.